The van der Waals surface area contributed by atoms with E-state index in [0.29, 0.717) is 5.92 Å². The van der Waals surface area contributed by atoms with E-state index in [9.17, 15) is 0 Å². The summed E-state index contributed by atoms with van der Waals surface area (Å²) in [5.41, 5.74) is 5.85. The summed E-state index contributed by atoms with van der Waals surface area (Å²) >= 11 is 0. The highest BCUT2D eigenvalue weighted by Crippen LogP contribution is 2.19. The number of hydrogen-bond donors (Lipinski definition) is 1. The quantitative estimate of drug-likeness (QED) is 0.178. The molecule has 2 heterocycles. The van der Waals surface area contributed by atoms with Gasteiger partial charge in [0.2, 0.25) is 0 Å². The average Bonchev–Trinajstić information content (AvgIpc) is 3.33. The Labute approximate surface area is 215 Å². The van der Waals surface area contributed by atoms with Crippen LogP contribution >= 0.6 is 24.0 Å². The van der Waals surface area contributed by atoms with E-state index < -0.39 is 0 Å². The number of hydrogen-bond acceptors (Lipinski definition) is 3. The monoisotopic (exact) mass is 563 g/mol. The molecule has 0 atom stereocenters. The molecule has 0 unspecified atom stereocenters. The lowest BCUT2D eigenvalue weighted by atomic mass is 10.1. The number of aryl methyl sites for hydroxylation is 3. The third kappa shape index (κ3) is 7.31. The normalized spacial score (nSPS) is 11.5. The zero-order valence-corrected chi connectivity index (χ0v) is 23.1. The predicted molar refractivity (Wildman–Crippen MR) is 147 cm³/mol. The van der Waals surface area contributed by atoms with Gasteiger partial charge >= 0.3 is 0 Å². The summed E-state index contributed by atoms with van der Waals surface area (Å²) in [6.45, 7) is 11.0. The van der Waals surface area contributed by atoms with Crippen LogP contribution in [0.3, 0.4) is 0 Å². The summed E-state index contributed by atoms with van der Waals surface area (Å²) in [7, 11) is 4.07. The first-order valence-corrected chi connectivity index (χ1v) is 11.5. The van der Waals surface area contributed by atoms with Crippen molar-refractivity contribution in [3.63, 3.8) is 0 Å². The molecular weight excluding hydrogens is 525 g/mol. The highest BCUT2D eigenvalue weighted by Gasteiger charge is 2.15. The highest BCUT2D eigenvalue weighted by molar-refractivity contribution is 14.0. The molecule has 0 radical (unpaired) electrons. The van der Waals surface area contributed by atoms with Crippen molar-refractivity contribution in [1.29, 1.82) is 0 Å². The second-order valence-corrected chi connectivity index (χ2v) is 8.58. The molecule has 0 fully saturated rings. The molecule has 0 aliphatic carbocycles. The Morgan fingerprint density at radius 2 is 1.85 bits per heavy atom. The lowest BCUT2D eigenvalue weighted by molar-refractivity contribution is 0.473. The first kappa shape index (κ1) is 26.9. The second-order valence-electron chi connectivity index (χ2n) is 8.58. The fourth-order valence-corrected chi connectivity index (χ4v) is 3.87. The molecule has 0 spiro atoms. The number of aromatic nitrogens is 4. The van der Waals surface area contributed by atoms with Gasteiger partial charge in [0, 0.05) is 51.7 Å². The molecule has 0 aliphatic heterocycles. The Balaban J connectivity index is 0.00000385. The number of nitrogens with one attached hydrogen (secondary N) is 1. The van der Waals surface area contributed by atoms with Gasteiger partial charge in [-0.1, -0.05) is 32.0 Å². The molecule has 8 heteroatoms. The van der Waals surface area contributed by atoms with Crippen molar-refractivity contribution in [2.24, 2.45) is 12.0 Å². The van der Waals surface area contributed by atoms with Gasteiger partial charge in [0.15, 0.2) is 5.96 Å². The first-order chi connectivity index (χ1) is 15.4. The molecule has 1 aromatic carbocycles. The van der Waals surface area contributed by atoms with Gasteiger partial charge in [-0.2, -0.15) is 10.2 Å². The fraction of sp³-hybridized carbons (Fsp3) is 0.480. The van der Waals surface area contributed by atoms with Crippen LogP contribution in [0.5, 0.6) is 0 Å². The lowest BCUT2D eigenvalue weighted by Crippen LogP contribution is -2.38. The lowest BCUT2D eigenvalue weighted by Gasteiger charge is -2.22. The number of rotatable bonds is 9. The average molecular weight is 564 g/mol. The molecular formula is C25H38IN7. The zero-order valence-electron chi connectivity index (χ0n) is 20.7. The van der Waals surface area contributed by atoms with E-state index in [0.717, 1.165) is 55.5 Å². The molecule has 180 valence electrons. The summed E-state index contributed by atoms with van der Waals surface area (Å²) in [5, 5.41) is 12.7. The maximum absolute atomic E-state index is 4.88. The summed E-state index contributed by atoms with van der Waals surface area (Å²) in [5.74, 6) is 1.34. The molecule has 2 aromatic heterocycles. The Kier molecular flexibility index (Phi) is 10.4. The number of para-hydroxylation sites is 1. The number of halogens is 1. The van der Waals surface area contributed by atoms with Crippen LogP contribution in [0.4, 0.5) is 0 Å². The highest BCUT2D eigenvalue weighted by atomic mass is 127. The van der Waals surface area contributed by atoms with Gasteiger partial charge in [-0.05, 0) is 50.3 Å². The molecule has 0 amide bonds. The van der Waals surface area contributed by atoms with Crippen LogP contribution < -0.4 is 5.32 Å². The molecule has 7 nitrogen and oxygen atoms in total. The van der Waals surface area contributed by atoms with Crippen molar-refractivity contribution in [3.05, 3.63) is 65.2 Å². The van der Waals surface area contributed by atoms with Crippen molar-refractivity contribution in [2.45, 2.75) is 53.0 Å². The van der Waals surface area contributed by atoms with Crippen LogP contribution in [0.1, 0.15) is 55.6 Å². The summed E-state index contributed by atoms with van der Waals surface area (Å²) < 4.78 is 3.87. The number of benzene rings is 1. The largest absolute Gasteiger partial charge is 0.357 e. The molecule has 0 aliphatic rings. The third-order valence-electron chi connectivity index (χ3n) is 5.48. The number of nitrogens with zero attached hydrogens (tertiary/aromatic N) is 6. The van der Waals surface area contributed by atoms with Crippen LogP contribution in [0.25, 0.3) is 5.69 Å². The van der Waals surface area contributed by atoms with Gasteiger partial charge in [-0.3, -0.25) is 9.67 Å². The van der Waals surface area contributed by atoms with Crippen molar-refractivity contribution in [1.82, 2.24) is 29.8 Å². The fourth-order valence-electron chi connectivity index (χ4n) is 3.87. The van der Waals surface area contributed by atoms with Crippen molar-refractivity contribution in [3.8, 4) is 5.69 Å². The minimum absolute atomic E-state index is 0. The van der Waals surface area contributed by atoms with Gasteiger partial charge in [-0.25, -0.2) is 4.68 Å². The van der Waals surface area contributed by atoms with E-state index in [4.69, 9.17) is 4.99 Å². The van der Waals surface area contributed by atoms with Gasteiger partial charge in [-0.15, -0.1) is 24.0 Å². The van der Waals surface area contributed by atoms with Crippen molar-refractivity contribution in [2.75, 3.05) is 20.1 Å². The molecule has 3 aromatic rings. The second kappa shape index (κ2) is 12.8. The van der Waals surface area contributed by atoms with E-state index in [-0.39, 0.29) is 24.0 Å². The van der Waals surface area contributed by atoms with Crippen LogP contribution in [-0.4, -0.2) is 50.6 Å². The van der Waals surface area contributed by atoms with Gasteiger partial charge < -0.3 is 10.2 Å². The first-order valence-electron chi connectivity index (χ1n) is 11.5. The Morgan fingerprint density at radius 3 is 2.52 bits per heavy atom. The van der Waals surface area contributed by atoms with Gasteiger partial charge in [0.25, 0.3) is 0 Å². The van der Waals surface area contributed by atoms with E-state index in [2.05, 4.69) is 79.7 Å². The molecule has 0 saturated carbocycles. The molecule has 33 heavy (non-hydrogen) atoms. The molecule has 0 saturated heterocycles. The van der Waals surface area contributed by atoms with Crippen LogP contribution in [0, 0.1) is 6.92 Å². The molecule has 0 bridgehead atoms. The Morgan fingerprint density at radius 1 is 1.12 bits per heavy atom. The van der Waals surface area contributed by atoms with Crippen LogP contribution in [-0.2, 0) is 20.0 Å². The number of aliphatic imine (C=N–C) groups is 1. The summed E-state index contributed by atoms with van der Waals surface area (Å²) in [6.07, 6.45) is 6.20. The van der Waals surface area contributed by atoms with Crippen LogP contribution in [0.2, 0.25) is 0 Å². The summed E-state index contributed by atoms with van der Waals surface area (Å²) in [4.78, 5) is 7.06. The van der Waals surface area contributed by atoms with E-state index in [1.807, 2.05) is 34.6 Å². The van der Waals surface area contributed by atoms with Gasteiger partial charge in [0.05, 0.1) is 17.1 Å². The molecule has 1 N–H and O–H groups in total. The summed E-state index contributed by atoms with van der Waals surface area (Å²) in [6, 6.07) is 10.2. The van der Waals surface area contributed by atoms with Crippen LogP contribution in [0.15, 0.2) is 47.7 Å². The Bertz CT molecular complexity index is 1020. The number of guanidine groups is 1. The molecule has 3 rings (SSSR count). The van der Waals surface area contributed by atoms with E-state index in [1.165, 1.54) is 11.1 Å². The van der Waals surface area contributed by atoms with E-state index in [1.54, 1.807) is 0 Å². The Hall–Kier alpha value is -2.36. The minimum Gasteiger partial charge on any atom is -0.357 e. The predicted octanol–water partition coefficient (Wildman–Crippen LogP) is 4.69. The smallest absolute Gasteiger partial charge is 0.193 e. The van der Waals surface area contributed by atoms with Gasteiger partial charge in [0.1, 0.15) is 0 Å². The van der Waals surface area contributed by atoms with Crippen molar-refractivity contribution < 1.29 is 0 Å². The van der Waals surface area contributed by atoms with E-state index >= 15 is 0 Å². The SMILES string of the molecule is CCNC(=NCCCc1cn(-c2ccccc2)nc1C)N(C)Cc1cn(C)nc1C(C)C.I. The zero-order chi connectivity index (χ0) is 23.1. The standard InChI is InChI=1S/C25H37N7.HI/c1-7-26-25(30(5)16-22-17-31(6)29-24(22)19(2)3)27-15-11-12-21-18-32(28-20(21)4)23-13-9-8-10-14-23;/h8-10,13-14,17-19H,7,11-12,15-16H2,1-6H3,(H,26,27);1H. The van der Waals surface area contributed by atoms with Crippen molar-refractivity contribution >= 4 is 29.9 Å². The maximum Gasteiger partial charge on any atom is 0.193 e. The minimum atomic E-state index is 0. The maximum atomic E-state index is 4.88. The topological polar surface area (TPSA) is 63.3 Å². The third-order valence-corrected chi connectivity index (χ3v) is 5.48.